The predicted octanol–water partition coefficient (Wildman–Crippen LogP) is 3.06. The van der Waals surface area contributed by atoms with E-state index in [-0.39, 0.29) is 12.1 Å². The van der Waals surface area contributed by atoms with Crippen LogP contribution in [0.1, 0.15) is 55.0 Å². The zero-order chi connectivity index (χ0) is 16.0. The fourth-order valence-electron chi connectivity index (χ4n) is 3.51. The molecule has 0 radical (unpaired) electrons. The number of ether oxygens (including phenoxy) is 1. The Morgan fingerprint density at radius 2 is 2.17 bits per heavy atom. The average molecular weight is 317 g/mol. The highest BCUT2D eigenvalue weighted by atomic mass is 16.5. The lowest BCUT2D eigenvalue weighted by Gasteiger charge is -2.19. The van der Waals surface area contributed by atoms with E-state index >= 15 is 0 Å². The fourth-order valence-corrected chi connectivity index (χ4v) is 3.51. The van der Waals surface area contributed by atoms with Crippen molar-refractivity contribution in [3.63, 3.8) is 0 Å². The van der Waals surface area contributed by atoms with Gasteiger partial charge in [-0.15, -0.1) is 0 Å². The Morgan fingerprint density at radius 3 is 2.83 bits per heavy atom. The van der Waals surface area contributed by atoms with Crippen molar-refractivity contribution >= 4 is 0 Å². The molecule has 0 aromatic carbocycles. The Labute approximate surface area is 135 Å². The molecule has 4 atom stereocenters. The zero-order valence-corrected chi connectivity index (χ0v) is 13.9. The fraction of sp³-hybridized carbons (Fsp3) is 0.647. The summed E-state index contributed by atoms with van der Waals surface area (Å²) in [4.78, 5) is 6.71. The van der Waals surface area contributed by atoms with Crippen LogP contribution in [-0.4, -0.2) is 34.8 Å². The van der Waals surface area contributed by atoms with E-state index in [4.69, 9.17) is 13.7 Å². The highest BCUT2D eigenvalue weighted by Crippen LogP contribution is 2.47. The van der Waals surface area contributed by atoms with Gasteiger partial charge in [0.15, 0.2) is 5.82 Å². The monoisotopic (exact) mass is 317 g/mol. The number of likely N-dealkylation sites (tertiary alicyclic amines) is 1. The van der Waals surface area contributed by atoms with Crippen LogP contribution in [-0.2, 0) is 11.3 Å². The molecule has 6 heteroatoms. The average Bonchev–Trinajstić information content (AvgIpc) is 2.95. The van der Waals surface area contributed by atoms with E-state index in [1.807, 2.05) is 6.92 Å². The number of nitrogens with zero attached hydrogens (tertiary/aromatic N) is 3. The normalized spacial score (nSPS) is 30.9. The number of aryl methyl sites for hydroxylation is 1. The molecule has 0 spiro atoms. The minimum atomic E-state index is 0.0922. The van der Waals surface area contributed by atoms with Crippen LogP contribution in [0.2, 0.25) is 0 Å². The van der Waals surface area contributed by atoms with Crippen molar-refractivity contribution in [2.45, 2.75) is 51.3 Å². The molecule has 0 amide bonds. The van der Waals surface area contributed by atoms with Crippen LogP contribution < -0.4 is 0 Å². The summed E-state index contributed by atoms with van der Waals surface area (Å²) in [5, 5.41) is 3.92. The van der Waals surface area contributed by atoms with E-state index in [1.165, 1.54) is 6.42 Å². The second-order valence-electron chi connectivity index (χ2n) is 6.84. The van der Waals surface area contributed by atoms with Gasteiger partial charge in [-0.05, 0) is 37.8 Å². The lowest BCUT2D eigenvalue weighted by molar-refractivity contribution is 0.106. The minimum Gasteiger partial charge on any atom is -0.464 e. The minimum absolute atomic E-state index is 0.0922. The summed E-state index contributed by atoms with van der Waals surface area (Å²) in [6, 6.07) is 4.31. The lowest BCUT2D eigenvalue weighted by atomic mass is 10.2. The third kappa shape index (κ3) is 2.93. The summed E-state index contributed by atoms with van der Waals surface area (Å²) in [6.07, 6.45) is 2.29. The van der Waals surface area contributed by atoms with Gasteiger partial charge in [-0.1, -0.05) is 12.1 Å². The summed E-state index contributed by atoms with van der Waals surface area (Å²) in [5.74, 6) is 4.84. The van der Waals surface area contributed by atoms with Crippen molar-refractivity contribution in [1.29, 1.82) is 0 Å². The van der Waals surface area contributed by atoms with Crippen molar-refractivity contribution in [2.24, 2.45) is 5.92 Å². The molecule has 0 bridgehead atoms. The molecule has 23 heavy (non-hydrogen) atoms. The number of hydrogen-bond acceptors (Lipinski definition) is 6. The van der Waals surface area contributed by atoms with Crippen LogP contribution in [0.5, 0.6) is 0 Å². The molecule has 6 nitrogen and oxygen atoms in total. The Hall–Kier alpha value is -1.66. The summed E-state index contributed by atoms with van der Waals surface area (Å²) < 4.78 is 17.0. The van der Waals surface area contributed by atoms with Gasteiger partial charge in [0.25, 0.3) is 0 Å². The van der Waals surface area contributed by atoms with Gasteiger partial charge in [0.1, 0.15) is 11.5 Å². The van der Waals surface area contributed by atoms with E-state index < -0.39 is 0 Å². The summed E-state index contributed by atoms with van der Waals surface area (Å²) in [5.41, 5.74) is 0. The first-order valence-corrected chi connectivity index (χ1v) is 8.29. The Morgan fingerprint density at radius 1 is 1.35 bits per heavy atom. The molecule has 2 fully saturated rings. The van der Waals surface area contributed by atoms with Gasteiger partial charge in [-0.2, -0.15) is 4.98 Å². The number of rotatable bonds is 5. The topological polar surface area (TPSA) is 64.5 Å². The third-order valence-electron chi connectivity index (χ3n) is 5.04. The van der Waals surface area contributed by atoms with E-state index in [2.05, 4.69) is 34.1 Å². The molecule has 1 aliphatic heterocycles. The summed E-state index contributed by atoms with van der Waals surface area (Å²) in [6.45, 7) is 5.70. The Kier molecular flexibility index (Phi) is 3.73. The number of aromatic nitrogens is 2. The molecule has 2 aromatic rings. The van der Waals surface area contributed by atoms with Crippen molar-refractivity contribution < 1.29 is 13.7 Å². The number of furan rings is 1. The molecule has 1 aliphatic carbocycles. The van der Waals surface area contributed by atoms with Gasteiger partial charge in [-0.3, -0.25) is 4.90 Å². The van der Waals surface area contributed by atoms with Gasteiger partial charge < -0.3 is 13.7 Å². The van der Waals surface area contributed by atoms with Gasteiger partial charge >= 0.3 is 0 Å². The van der Waals surface area contributed by atoms with Gasteiger partial charge in [-0.25, -0.2) is 0 Å². The highest BCUT2D eigenvalue weighted by molar-refractivity contribution is 5.18. The largest absolute Gasteiger partial charge is 0.464 e. The van der Waals surface area contributed by atoms with E-state index in [0.717, 1.165) is 36.9 Å². The first kappa shape index (κ1) is 14.9. The first-order valence-electron chi connectivity index (χ1n) is 8.29. The van der Waals surface area contributed by atoms with Gasteiger partial charge in [0.05, 0.1) is 18.7 Å². The van der Waals surface area contributed by atoms with Crippen molar-refractivity contribution in [3.8, 4) is 0 Å². The Balaban J connectivity index is 1.50. The molecule has 1 saturated heterocycles. The molecule has 0 unspecified atom stereocenters. The quantitative estimate of drug-likeness (QED) is 0.844. The molecule has 2 aliphatic rings. The van der Waals surface area contributed by atoms with Crippen molar-refractivity contribution in [1.82, 2.24) is 15.0 Å². The van der Waals surface area contributed by atoms with Gasteiger partial charge in [0.2, 0.25) is 5.89 Å². The molecular formula is C17H23N3O3. The molecule has 2 aromatic heterocycles. The third-order valence-corrected chi connectivity index (χ3v) is 5.04. The molecule has 4 rings (SSSR count). The summed E-state index contributed by atoms with van der Waals surface area (Å²) >= 11 is 0. The summed E-state index contributed by atoms with van der Waals surface area (Å²) in [7, 11) is 1.75. The highest BCUT2D eigenvalue weighted by Gasteiger charge is 2.39. The number of hydrogen-bond donors (Lipinski definition) is 0. The van der Waals surface area contributed by atoms with Crippen LogP contribution in [0.15, 0.2) is 21.1 Å². The van der Waals surface area contributed by atoms with Crippen LogP contribution in [0.25, 0.3) is 0 Å². The van der Waals surface area contributed by atoms with E-state index in [0.29, 0.717) is 17.6 Å². The van der Waals surface area contributed by atoms with Gasteiger partial charge in [0, 0.05) is 19.6 Å². The molecule has 3 heterocycles. The SMILES string of the molecule is CO[C@H]1C[C@H](c2nc(C)no2)N(Cc2ccc([C@@H]3C[C@@H]3C)o2)C1. The van der Waals surface area contributed by atoms with E-state index in [1.54, 1.807) is 7.11 Å². The number of methoxy groups -OCH3 is 1. The second kappa shape index (κ2) is 5.76. The second-order valence-corrected chi connectivity index (χ2v) is 6.84. The smallest absolute Gasteiger partial charge is 0.244 e. The zero-order valence-electron chi connectivity index (χ0n) is 13.9. The van der Waals surface area contributed by atoms with E-state index in [9.17, 15) is 0 Å². The maximum atomic E-state index is 6.05. The van der Waals surface area contributed by atoms with Crippen LogP contribution in [0.4, 0.5) is 0 Å². The van der Waals surface area contributed by atoms with Crippen molar-refractivity contribution in [3.05, 3.63) is 35.4 Å². The van der Waals surface area contributed by atoms with Crippen LogP contribution in [0, 0.1) is 12.8 Å². The van der Waals surface area contributed by atoms with Crippen LogP contribution in [0.3, 0.4) is 0 Å². The molecule has 1 saturated carbocycles. The predicted molar refractivity (Wildman–Crippen MR) is 82.8 cm³/mol. The lowest BCUT2D eigenvalue weighted by Crippen LogP contribution is -2.24. The maximum Gasteiger partial charge on any atom is 0.244 e. The van der Waals surface area contributed by atoms with Crippen LogP contribution >= 0.6 is 0 Å². The Bertz CT molecular complexity index is 680. The standard InChI is InChI=1S/C17H23N3O3/c1-10-6-14(10)16-5-4-12(22-16)8-20-9-13(21-3)7-15(20)17-18-11(2)19-23-17/h4-5,10,13-15H,6-9H2,1-3H3/t10-,13-,14+,15+/m0/s1. The molecule has 124 valence electrons. The maximum absolute atomic E-state index is 6.05. The molecule has 0 N–H and O–H groups in total. The van der Waals surface area contributed by atoms with Crippen molar-refractivity contribution in [2.75, 3.05) is 13.7 Å². The molecular weight excluding hydrogens is 294 g/mol. The first-order chi connectivity index (χ1) is 11.1.